The van der Waals surface area contributed by atoms with Crippen molar-refractivity contribution >= 4 is 23.0 Å². The van der Waals surface area contributed by atoms with Crippen LogP contribution < -0.4 is 0 Å². The summed E-state index contributed by atoms with van der Waals surface area (Å²) >= 11 is 6.15. The molecule has 0 atom stereocenters. The molecule has 0 aliphatic carbocycles. The van der Waals surface area contributed by atoms with Crippen LogP contribution in [0.15, 0.2) is 77.1 Å². The number of benzene rings is 3. The highest BCUT2D eigenvalue weighted by Crippen LogP contribution is 2.33. The first kappa shape index (κ1) is 19.9. The average molecular weight is 427 g/mol. The average Bonchev–Trinajstić information content (AvgIpc) is 2.83. The van der Waals surface area contributed by atoms with Crippen LogP contribution in [0, 0.1) is 21.1 Å². The third-order valence-corrected chi connectivity index (χ3v) is 4.63. The van der Waals surface area contributed by atoms with Crippen LogP contribution in [0.1, 0.15) is 5.56 Å². The summed E-state index contributed by atoms with van der Waals surface area (Å²) in [6.45, 7) is 0. The minimum Gasteiger partial charge on any atom is -0.208 e. The van der Waals surface area contributed by atoms with E-state index in [2.05, 4.69) is 25.3 Å². The minimum absolute atomic E-state index is 0.149. The predicted molar refractivity (Wildman–Crippen MR) is 117 cm³/mol. The number of nitrogens with zero attached hydrogens (tertiary/aromatic N) is 6. The van der Waals surface area contributed by atoms with E-state index in [1.54, 1.807) is 60.7 Å². The SMILES string of the molecule is N#Cc1cc(Cl)cc(-c2nc(-c3ccccc3N=O)nc(-c3ccccc3N=O)n2)c1. The van der Waals surface area contributed by atoms with Gasteiger partial charge in [-0.05, 0) is 52.8 Å². The molecular weight excluding hydrogens is 416 g/mol. The monoisotopic (exact) mass is 426 g/mol. The third-order valence-electron chi connectivity index (χ3n) is 4.41. The largest absolute Gasteiger partial charge is 0.208 e. The fourth-order valence-corrected chi connectivity index (χ4v) is 3.25. The first-order chi connectivity index (χ1) is 15.1. The van der Waals surface area contributed by atoms with Crippen LogP contribution >= 0.6 is 11.6 Å². The van der Waals surface area contributed by atoms with Crippen LogP contribution in [0.5, 0.6) is 0 Å². The van der Waals surface area contributed by atoms with Crippen molar-refractivity contribution in [2.24, 2.45) is 10.4 Å². The van der Waals surface area contributed by atoms with Crippen molar-refractivity contribution in [1.82, 2.24) is 15.0 Å². The summed E-state index contributed by atoms with van der Waals surface area (Å²) in [6.07, 6.45) is 0. The normalized spacial score (nSPS) is 10.3. The zero-order chi connectivity index (χ0) is 21.8. The van der Waals surface area contributed by atoms with Gasteiger partial charge < -0.3 is 0 Å². The van der Waals surface area contributed by atoms with Crippen LogP contribution in [-0.2, 0) is 0 Å². The number of aromatic nitrogens is 3. The predicted octanol–water partition coefficient (Wildman–Crippen LogP) is 6.19. The summed E-state index contributed by atoms with van der Waals surface area (Å²) in [5.41, 5.74) is 1.88. The van der Waals surface area contributed by atoms with Crippen molar-refractivity contribution in [1.29, 1.82) is 5.26 Å². The summed E-state index contributed by atoms with van der Waals surface area (Å²) in [4.78, 5) is 36.0. The molecule has 9 heteroatoms. The van der Waals surface area contributed by atoms with E-state index in [1.165, 1.54) is 6.07 Å². The Hall–Kier alpha value is -4.35. The highest BCUT2D eigenvalue weighted by atomic mass is 35.5. The molecule has 0 bridgehead atoms. The molecule has 1 aromatic heterocycles. The number of hydrogen-bond acceptors (Lipinski definition) is 8. The number of hydrogen-bond donors (Lipinski definition) is 0. The summed E-state index contributed by atoms with van der Waals surface area (Å²) in [5, 5.41) is 15.7. The van der Waals surface area contributed by atoms with Gasteiger partial charge in [0.15, 0.2) is 17.5 Å². The smallest absolute Gasteiger partial charge is 0.166 e. The van der Waals surface area contributed by atoms with Crippen LogP contribution in [0.25, 0.3) is 34.2 Å². The van der Waals surface area contributed by atoms with Crippen molar-refractivity contribution in [3.8, 4) is 40.2 Å². The molecular formula is C22H11ClN6O2. The maximum atomic E-state index is 11.3. The van der Waals surface area contributed by atoms with Crippen molar-refractivity contribution < 1.29 is 0 Å². The number of nitriles is 1. The molecule has 0 aliphatic heterocycles. The van der Waals surface area contributed by atoms with Crippen molar-refractivity contribution in [3.05, 3.63) is 87.1 Å². The molecule has 4 rings (SSSR count). The lowest BCUT2D eigenvalue weighted by atomic mass is 10.1. The van der Waals surface area contributed by atoms with Crippen LogP contribution in [-0.4, -0.2) is 15.0 Å². The van der Waals surface area contributed by atoms with Crippen molar-refractivity contribution in [2.45, 2.75) is 0 Å². The second-order valence-electron chi connectivity index (χ2n) is 6.36. The zero-order valence-corrected chi connectivity index (χ0v) is 16.5. The van der Waals surface area contributed by atoms with Gasteiger partial charge in [-0.2, -0.15) is 5.26 Å². The van der Waals surface area contributed by atoms with Gasteiger partial charge in [0.2, 0.25) is 0 Å². The Morgan fingerprint density at radius 2 is 1.26 bits per heavy atom. The van der Waals surface area contributed by atoms with Crippen molar-refractivity contribution in [2.75, 3.05) is 0 Å². The van der Waals surface area contributed by atoms with E-state index in [0.29, 0.717) is 27.3 Å². The summed E-state index contributed by atoms with van der Waals surface area (Å²) in [7, 11) is 0. The van der Waals surface area contributed by atoms with E-state index in [4.69, 9.17) is 11.6 Å². The molecule has 0 radical (unpaired) electrons. The topological polar surface area (TPSA) is 121 Å². The zero-order valence-electron chi connectivity index (χ0n) is 15.7. The Morgan fingerprint density at radius 3 is 1.77 bits per heavy atom. The maximum Gasteiger partial charge on any atom is 0.166 e. The van der Waals surface area contributed by atoms with Gasteiger partial charge in [-0.25, -0.2) is 15.0 Å². The Labute approximate surface area is 181 Å². The van der Waals surface area contributed by atoms with Gasteiger partial charge in [0.25, 0.3) is 0 Å². The standard InChI is InChI=1S/C22H11ClN6O2/c23-15-10-13(12-24)9-14(11-15)20-25-21(16-5-1-3-7-18(16)28-30)27-22(26-20)17-6-2-4-8-19(17)29-31/h1-11H. The fourth-order valence-electron chi connectivity index (χ4n) is 3.01. The molecule has 31 heavy (non-hydrogen) atoms. The number of nitroso groups, excluding NO2 is 2. The van der Waals surface area contributed by atoms with E-state index in [0.717, 1.165) is 0 Å². The molecule has 0 aliphatic rings. The lowest BCUT2D eigenvalue weighted by Crippen LogP contribution is -2.00. The van der Waals surface area contributed by atoms with Gasteiger partial charge in [0, 0.05) is 21.7 Å². The Balaban J connectivity index is 2.02. The molecule has 4 aromatic rings. The number of rotatable bonds is 5. The Bertz CT molecular complexity index is 1300. The second kappa shape index (κ2) is 8.57. The molecule has 8 nitrogen and oxygen atoms in total. The summed E-state index contributed by atoms with van der Waals surface area (Å²) in [6, 6.07) is 19.9. The summed E-state index contributed by atoms with van der Waals surface area (Å²) < 4.78 is 0. The first-order valence-electron chi connectivity index (χ1n) is 8.95. The van der Waals surface area contributed by atoms with Crippen LogP contribution in [0.4, 0.5) is 11.4 Å². The Morgan fingerprint density at radius 1 is 0.742 bits per heavy atom. The van der Waals surface area contributed by atoms with Crippen LogP contribution in [0.3, 0.4) is 0 Å². The maximum absolute atomic E-state index is 11.3. The molecule has 148 valence electrons. The molecule has 1 heterocycles. The molecule has 0 unspecified atom stereocenters. The van der Waals surface area contributed by atoms with Gasteiger partial charge in [-0.3, -0.25) is 0 Å². The highest BCUT2D eigenvalue weighted by Gasteiger charge is 2.17. The quantitative estimate of drug-likeness (QED) is 0.350. The Kier molecular flexibility index (Phi) is 5.51. The fraction of sp³-hybridized carbons (Fsp3) is 0. The second-order valence-corrected chi connectivity index (χ2v) is 6.80. The molecule has 0 saturated heterocycles. The molecule has 0 N–H and O–H groups in total. The van der Waals surface area contributed by atoms with Crippen LogP contribution in [0.2, 0.25) is 5.02 Å². The molecule has 0 saturated carbocycles. The van der Waals surface area contributed by atoms with E-state index < -0.39 is 0 Å². The van der Waals surface area contributed by atoms with Gasteiger partial charge >= 0.3 is 0 Å². The highest BCUT2D eigenvalue weighted by molar-refractivity contribution is 6.31. The van der Waals surface area contributed by atoms with E-state index >= 15 is 0 Å². The van der Waals surface area contributed by atoms with E-state index in [1.807, 2.05) is 6.07 Å². The van der Waals surface area contributed by atoms with Gasteiger partial charge in [-0.15, -0.1) is 9.81 Å². The molecule has 3 aromatic carbocycles. The molecule has 0 spiro atoms. The lowest BCUT2D eigenvalue weighted by molar-refractivity contribution is 1.07. The van der Waals surface area contributed by atoms with Crippen molar-refractivity contribution in [3.63, 3.8) is 0 Å². The van der Waals surface area contributed by atoms with E-state index in [-0.39, 0.29) is 28.8 Å². The van der Waals surface area contributed by atoms with Gasteiger partial charge in [0.05, 0.1) is 11.6 Å². The molecule has 0 amide bonds. The number of halogens is 1. The first-order valence-corrected chi connectivity index (χ1v) is 9.33. The van der Waals surface area contributed by atoms with Gasteiger partial charge in [0.1, 0.15) is 11.4 Å². The minimum atomic E-state index is 0.149. The van der Waals surface area contributed by atoms with E-state index in [9.17, 15) is 15.1 Å². The van der Waals surface area contributed by atoms with Gasteiger partial charge in [-0.1, -0.05) is 35.9 Å². The lowest BCUT2D eigenvalue weighted by Gasteiger charge is -2.10. The third kappa shape index (κ3) is 4.03. The summed E-state index contributed by atoms with van der Waals surface area (Å²) in [5.74, 6) is 0.559. The molecule has 0 fully saturated rings.